The fraction of sp³-hybridized carbons (Fsp3) is 0.933. The second kappa shape index (κ2) is 4.61. The Labute approximate surface area is 105 Å². The van der Waals surface area contributed by atoms with Gasteiger partial charge in [0.2, 0.25) is 0 Å². The summed E-state index contributed by atoms with van der Waals surface area (Å²) in [5.41, 5.74) is 0. The Bertz CT molecular complexity index is 319. The van der Waals surface area contributed by atoms with Gasteiger partial charge in [-0.15, -0.1) is 0 Å². The Morgan fingerprint density at radius 3 is 2.65 bits per heavy atom. The fourth-order valence-corrected chi connectivity index (χ4v) is 4.92. The van der Waals surface area contributed by atoms with E-state index in [4.69, 9.17) is 5.26 Å². The molecule has 2 heteroatoms. The lowest BCUT2D eigenvalue weighted by molar-refractivity contribution is 0.00872. The number of rotatable bonds is 0. The molecule has 0 spiro atoms. The summed E-state index contributed by atoms with van der Waals surface area (Å²) in [6.45, 7) is 3.59. The molecule has 17 heavy (non-hydrogen) atoms. The van der Waals surface area contributed by atoms with E-state index in [0.717, 1.165) is 29.7 Å². The van der Waals surface area contributed by atoms with E-state index < -0.39 is 0 Å². The molecule has 3 rings (SSSR count). The van der Waals surface area contributed by atoms with Crippen LogP contribution in [0, 0.1) is 40.9 Å². The normalized spacial score (nSPS) is 49.9. The van der Waals surface area contributed by atoms with Gasteiger partial charge in [0, 0.05) is 12.0 Å². The number of piperidine rings is 1. The summed E-state index contributed by atoms with van der Waals surface area (Å²) in [4.78, 5) is 0. The summed E-state index contributed by atoms with van der Waals surface area (Å²) in [7, 11) is 0. The quantitative estimate of drug-likeness (QED) is 0.697. The number of nitriles is 1. The summed E-state index contributed by atoms with van der Waals surface area (Å²) in [5, 5.41) is 12.7. The Balaban J connectivity index is 1.73. The van der Waals surface area contributed by atoms with Gasteiger partial charge in [-0.2, -0.15) is 5.26 Å². The first kappa shape index (κ1) is 11.5. The molecule has 2 saturated carbocycles. The summed E-state index contributed by atoms with van der Waals surface area (Å²) in [6.07, 6.45) is 7.87. The summed E-state index contributed by atoms with van der Waals surface area (Å²) < 4.78 is 0. The highest BCUT2D eigenvalue weighted by Gasteiger charge is 2.44. The lowest BCUT2D eigenvalue weighted by Gasteiger charge is -2.51. The van der Waals surface area contributed by atoms with Crippen LogP contribution < -0.4 is 5.32 Å². The van der Waals surface area contributed by atoms with Crippen LogP contribution in [0.4, 0.5) is 0 Å². The van der Waals surface area contributed by atoms with Crippen LogP contribution in [0.2, 0.25) is 0 Å². The summed E-state index contributed by atoms with van der Waals surface area (Å²) >= 11 is 0. The van der Waals surface area contributed by atoms with Gasteiger partial charge in [-0.05, 0) is 75.7 Å². The first-order valence-electron chi connectivity index (χ1n) is 7.42. The van der Waals surface area contributed by atoms with Crippen LogP contribution in [0.25, 0.3) is 0 Å². The highest BCUT2D eigenvalue weighted by molar-refractivity contribution is 4.99. The van der Waals surface area contributed by atoms with Gasteiger partial charge in [0.15, 0.2) is 0 Å². The van der Waals surface area contributed by atoms with Crippen molar-refractivity contribution in [1.29, 1.82) is 5.26 Å². The minimum absolute atomic E-state index is 0.368. The van der Waals surface area contributed by atoms with E-state index in [0.29, 0.717) is 5.92 Å². The average Bonchev–Trinajstić information content (AvgIpc) is 2.38. The number of fused-ring (bicyclic) bond motifs is 3. The average molecular weight is 232 g/mol. The maximum atomic E-state index is 9.10. The van der Waals surface area contributed by atoms with Gasteiger partial charge in [-0.25, -0.2) is 0 Å². The smallest absolute Gasteiger partial charge is 0.0655 e. The largest absolute Gasteiger partial charge is 0.314 e. The molecule has 0 bridgehead atoms. The van der Waals surface area contributed by atoms with Gasteiger partial charge in [0.05, 0.1) is 6.07 Å². The van der Waals surface area contributed by atoms with E-state index in [-0.39, 0.29) is 0 Å². The monoisotopic (exact) mass is 232 g/mol. The van der Waals surface area contributed by atoms with Crippen molar-refractivity contribution in [3.8, 4) is 6.07 Å². The zero-order chi connectivity index (χ0) is 11.8. The molecular formula is C15H24N2. The van der Waals surface area contributed by atoms with E-state index in [2.05, 4.69) is 18.3 Å². The van der Waals surface area contributed by atoms with Crippen LogP contribution in [0.3, 0.4) is 0 Å². The lowest BCUT2D eigenvalue weighted by atomic mass is 9.57. The molecule has 2 nitrogen and oxygen atoms in total. The minimum atomic E-state index is 0.368. The third-order valence-corrected chi connectivity index (χ3v) is 5.78. The molecule has 0 radical (unpaired) electrons. The van der Waals surface area contributed by atoms with Crippen LogP contribution >= 0.6 is 0 Å². The topological polar surface area (TPSA) is 35.8 Å². The molecule has 0 aromatic carbocycles. The third kappa shape index (κ3) is 1.99. The first-order valence-corrected chi connectivity index (χ1v) is 7.42. The zero-order valence-corrected chi connectivity index (χ0v) is 10.9. The van der Waals surface area contributed by atoms with Crippen molar-refractivity contribution in [2.45, 2.75) is 51.5 Å². The molecule has 94 valence electrons. The van der Waals surface area contributed by atoms with Gasteiger partial charge < -0.3 is 5.32 Å². The predicted molar refractivity (Wildman–Crippen MR) is 68.2 cm³/mol. The van der Waals surface area contributed by atoms with Crippen LogP contribution in [0.5, 0.6) is 0 Å². The van der Waals surface area contributed by atoms with Gasteiger partial charge in [-0.3, -0.25) is 0 Å². The van der Waals surface area contributed by atoms with Gasteiger partial charge >= 0.3 is 0 Å². The van der Waals surface area contributed by atoms with Crippen LogP contribution in [0.15, 0.2) is 0 Å². The molecule has 1 N–H and O–H groups in total. The highest BCUT2D eigenvalue weighted by atomic mass is 14.9. The Kier molecular flexibility index (Phi) is 3.13. The fourth-order valence-electron chi connectivity index (χ4n) is 4.92. The molecule has 6 unspecified atom stereocenters. The second-order valence-corrected chi connectivity index (χ2v) is 6.50. The molecule has 0 aromatic rings. The lowest BCUT2D eigenvalue weighted by Crippen LogP contribution is -2.51. The molecule has 3 aliphatic rings. The Hall–Kier alpha value is -0.550. The zero-order valence-electron chi connectivity index (χ0n) is 10.9. The van der Waals surface area contributed by atoms with E-state index in [1.54, 1.807) is 0 Å². The molecule has 0 amide bonds. The second-order valence-electron chi connectivity index (χ2n) is 6.50. The van der Waals surface area contributed by atoms with E-state index in [1.807, 2.05) is 0 Å². The van der Waals surface area contributed by atoms with Gasteiger partial charge in [-0.1, -0.05) is 0 Å². The van der Waals surface area contributed by atoms with Crippen molar-refractivity contribution in [3.63, 3.8) is 0 Å². The molecular weight excluding hydrogens is 208 g/mol. The van der Waals surface area contributed by atoms with E-state index >= 15 is 0 Å². The van der Waals surface area contributed by atoms with E-state index in [1.165, 1.54) is 45.1 Å². The number of nitrogens with one attached hydrogen (secondary N) is 1. The van der Waals surface area contributed by atoms with Gasteiger partial charge in [0.1, 0.15) is 0 Å². The predicted octanol–water partition coefficient (Wildman–Crippen LogP) is 2.95. The summed E-state index contributed by atoms with van der Waals surface area (Å²) in [5.74, 6) is 4.07. The van der Waals surface area contributed by atoms with Crippen molar-refractivity contribution in [1.82, 2.24) is 5.32 Å². The molecule has 1 heterocycles. The van der Waals surface area contributed by atoms with Crippen molar-refractivity contribution in [3.05, 3.63) is 0 Å². The minimum Gasteiger partial charge on any atom is -0.314 e. The standard InChI is InChI=1S/C15H24N2/c1-10-13-5-3-12-8-11(9-16)2-4-14(12)15(13)6-7-17-10/h10-15,17H,2-8H2,1H3. The summed E-state index contributed by atoms with van der Waals surface area (Å²) in [6, 6.07) is 3.23. The molecule has 2 aliphatic carbocycles. The number of hydrogen-bond acceptors (Lipinski definition) is 2. The Morgan fingerprint density at radius 2 is 1.82 bits per heavy atom. The first-order chi connectivity index (χ1) is 8.29. The number of hydrogen-bond donors (Lipinski definition) is 1. The van der Waals surface area contributed by atoms with Crippen LogP contribution in [-0.4, -0.2) is 12.6 Å². The number of nitrogens with zero attached hydrogens (tertiary/aromatic N) is 1. The maximum absolute atomic E-state index is 9.10. The molecule has 6 atom stereocenters. The molecule has 1 aliphatic heterocycles. The van der Waals surface area contributed by atoms with Crippen molar-refractivity contribution >= 4 is 0 Å². The molecule has 0 aromatic heterocycles. The van der Waals surface area contributed by atoms with Crippen molar-refractivity contribution in [2.75, 3.05) is 6.54 Å². The van der Waals surface area contributed by atoms with Crippen molar-refractivity contribution < 1.29 is 0 Å². The van der Waals surface area contributed by atoms with E-state index in [9.17, 15) is 0 Å². The van der Waals surface area contributed by atoms with Crippen molar-refractivity contribution in [2.24, 2.45) is 29.6 Å². The third-order valence-electron chi connectivity index (χ3n) is 5.78. The Morgan fingerprint density at radius 1 is 1.00 bits per heavy atom. The van der Waals surface area contributed by atoms with Crippen LogP contribution in [0.1, 0.15) is 45.4 Å². The highest BCUT2D eigenvalue weighted by Crippen LogP contribution is 2.50. The molecule has 3 fully saturated rings. The SMILES string of the molecule is CC1NCCC2C3CCC(C#N)CC3CCC12. The van der Waals surface area contributed by atoms with Gasteiger partial charge in [0.25, 0.3) is 0 Å². The molecule has 1 saturated heterocycles. The maximum Gasteiger partial charge on any atom is 0.0655 e. The van der Waals surface area contributed by atoms with Crippen LogP contribution in [-0.2, 0) is 0 Å².